The number of aromatic nitrogens is 3. The van der Waals surface area contributed by atoms with Crippen LogP contribution in [0.2, 0.25) is 0 Å². The topological polar surface area (TPSA) is 30.7 Å². The lowest BCUT2D eigenvalue weighted by molar-refractivity contribution is 0.647. The third-order valence-corrected chi connectivity index (χ3v) is 2.78. The van der Waals surface area contributed by atoms with Crippen LogP contribution in [0.15, 0.2) is 30.6 Å². The van der Waals surface area contributed by atoms with Crippen LogP contribution in [-0.4, -0.2) is 14.8 Å². The number of nitrogens with zero attached hydrogens (tertiary/aromatic N) is 3. The first-order chi connectivity index (χ1) is 7.34. The Morgan fingerprint density at radius 2 is 1.93 bits per heavy atom. The van der Waals surface area contributed by atoms with Gasteiger partial charge in [-0.05, 0) is 19.8 Å². The summed E-state index contributed by atoms with van der Waals surface area (Å²) in [5.41, 5.74) is 2.43. The summed E-state index contributed by atoms with van der Waals surface area (Å²) in [5.74, 6) is 0.998. The maximum absolute atomic E-state index is 4.33. The molecule has 15 heavy (non-hydrogen) atoms. The Kier molecular flexibility index (Phi) is 1.84. The second kappa shape index (κ2) is 3.19. The van der Waals surface area contributed by atoms with E-state index in [4.69, 9.17) is 0 Å². The van der Waals surface area contributed by atoms with E-state index in [1.165, 1.54) is 18.4 Å². The van der Waals surface area contributed by atoms with Crippen LogP contribution in [0.4, 0.5) is 0 Å². The molecule has 0 spiro atoms. The third-order valence-electron chi connectivity index (χ3n) is 2.78. The van der Waals surface area contributed by atoms with Gasteiger partial charge in [-0.15, -0.1) is 0 Å². The summed E-state index contributed by atoms with van der Waals surface area (Å²) >= 11 is 0. The van der Waals surface area contributed by atoms with E-state index in [0.29, 0.717) is 6.04 Å². The first-order valence-corrected chi connectivity index (χ1v) is 5.31. The average Bonchev–Trinajstić information content (AvgIpc) is 2.98. The standard InChI is InChI=1S/C12H13N3/c1-9-2-4-10(5-3-9)12-13-8-14-15(12)11-6-7-11/h2-5,8,11H,6-7H2,1H3. The molecule has 1 aromatic carbocycles. The van der Waals surface area contributed by atoms with Crippen LogP contribution in [-0.2, 0) is 0 Å². The zero-order valence-corrected chi connectivity index (χ0v) is 8.72. The number of rotatable bonds is 2. The van der Waals surface area contributed by atoms with Crippen molar-refractivity contribution in [2.75, 3.05) is 0 Å². The van der Waals surface area contributed by atoms with Crippen LogP contribution in [0.1, 0.15) is 24.4 Å². The summed E-state index contributed by atoms with van der Waals surface area (Å²) < 4.78 is 2.05. The van der Waals surface area contributed by atoms with Crippen molar-refractivity contribution in [3.63, 3.8) is 0 Å². The summed E-state index contributed by atoms with van der Waals surface area (Å²) in [6.07, 6.45) is 4.12. The molecule has 1 saturated carbocycles. The molecule has 0 amide bonds. The van der Waals surface area contributed by atoms with Gasteiger partial charge in [0.15, 0.2) is 5.82 Å². The van der Waals surface area contributed by atoms with Gasteiger partial charge in [0.2, 0.25) is 0 Å². The smallest absolute Gasteiger partial charge is 0.158 e. The minimum absolute atomic E-state index is 0.587. The lowest BCUT2D eigenvalue weighted by Gasteiger charge is -2.04. The number of benzene rings is 1. The summed E-state index contributed by atoms with van der Waals surface area (Å²) in [6.45, 7) is 2.09. The van der Waals surface area contributed by atoms with Crippen molar-refractivity contribution in [2.45, 2.75) is 25.8 Å². The van der Waals surface area contributed by atoms with E-state index in [2.05, 4.69) is 41.3 Å². The Hall–Kier alpha value is -1.64. The lowest BCUT2D eigenvalue weighted by Crippen LogP contribution is -1.99. The summed E-state index contributed by atoms with van der Waals surface area (Å²) in [7, 11) is 0. The van der Waals surface area contributed by atoms with E-state index < -0.39 is 0 Å². The van der Waals surface area contributed by atoms with E-state index in [1.807, 2.05) is 4.68 Å². The molecule has 2 aromatic rings. The predicted octanol–water partition coefficient (Wildman–Crippen LogP) is 2.59. The van der Waals surface area contributed by atoms with Crippen LogP contribution < -0.4 is 0 Å². The van der Waals surface area contributed by atoms with Gasteiger partial charge in [0.05, 0.1) is 6.04 Å². The molecular formula is C12H13N3. The minimum atomic E-state index is 0.587. The Bertz CT molecular complexity index is 466. The van der Waals surface area contributed by atoms with Gasteiger partial charge in [-0.1, -0.05) is 29.8 Å². The van der Waals surface area contributed by atoms with Gasteiger partial charge in [0.1, 0.15) is 6.33 Å². The Morgan fingerprint density at radius 1 is 1.20 bits per heavy atom. The molecule has 3 rings (SSSR count). The Balaban J connectivity index is 2.04. The average molecular weight is 199 g/mol. The highest BCUT2D eigenvalue weighted by molar-refractivity contribution is 5.55. The predicted molar refractivity (Wildman–Crippen MR) is 58.5 cm³/mol. The van der Waals surface area contributed by atoms with Crippen molar-refractivity contribution in [3.8, 4) is 11.4 Å². The highest BCUT2D eigenvalue weighted by atomic mass is 15.4. The fourth-order valence-electron chi connectivity index (χ4n) is 1.75. The summed E-state index contributed by atoms with van der Waals surface area (Å²) in [4.78, 5) is 4.33. The molecule has 3 nitrogen and oxygen atoms in total. The normalized spacial score (nSPS) is 15.5. The molecule has 0 radical (unpaired) electrons. The molecule has 0 aliphatic heterocycles. The highest BCUT2D eigenvalue weighted by Crippen LogP contribution is 2.36. The first kappa shape index (κ1) is 8.65. The van der Waals surface area contributed by atoms with Crippen LogP contribution in [0.3, 0.4) is 0 Å². The summed E-state index contributed by atoms with van der Waals surface area (Å²) in [5, 5.41) is 4.28. The zero-order chi connectivity index (χ0) is 10.3. The molecular weight excluding hydrogens is 186 g/mol. The van der Waals surface area contributed by atoms with Crippen molar-refractivity contribution in [1.29, 1.82) is 0 Å². The molecule has 0 bridgehead atoms. The quantitative estimate of drug-likeness (QED) is 0.744. The van der Waals surface area contributed by atoms with Gasteiger partial charge >= 0.3 is 0 Å². The number of hydrogen-bond acceptors (Lipinski definition) is 2. The van der Waals surface area contributed by atoms with E-state index in [0.717, 1.165) is 11.4 Å². The molecule has 1 fully saturated rings. The summed E-state index contributed by atoms with van der Waals surface area (Å²) in [6, 6.07) is 9.03. The molecule has 1 heterocycles. The van der Waals surface area contributed by atoms with Gasteiger partial charge in [-0.25, -0.2) is 9.67 Å². The van der Waals surface area contributed by atoms with Crippen LogP contribution in [0.5, 0.6) is 0 Å². The minimum Gasteiger partial charge on any atom is -0.243 e. The van der Waals surface area contributed by atoms with E-state index in [9.17, 15) is 0 Å². The molecule has 0 unspecified atom stereocenters. The maximum atomic E-state index is 4.33. The van der Waals surface area contributed by atoms with Gasteiger partial charge < -0.3 is 0 Å². The molecule has 0 atom stereocenters. The fourth-order valence-corrected chi connectivity index (χ4v) is 1.75. The third kappa shape index (κ3) is 1.54. The largest absolute Gasteiger partial charge is 0.243 e. The van der Waals surface area contributed by atoms with Crippen molar-refractivity contribution in [1.82, 2.24) is 14.8 Å². The second-order valence-electron chi connectivity index (χ2n) is 4.13. The van der Waals surface area contributed by atoms with Crippen molar-refractivity contribution >= 4 is 0 Å². The van der Waals surface area contributed by atoms with Gasteiger partial charge in [-0.3, -0.25) is 0 Å². The van der Waals surface area contributed by atoms with Gasteiger partial charge in [0.25, 0.3) is 0 Å². The van der Waals surface area contributed by atoms with Crippen molar-refractivity contribution < 1.29 is 0 Å². The highest BCUT2D eigenvalue weighted by Gasteiger charge is 2.27. The van der Waals surface area contributed by atoms with Crippen LogP contribution in [0, 0.1) is 6.92 Å². The number of aryl methyl sites for hydroxylation is 1. The number of hydrogen-bond donors (Lipinski definition) is 0. The van der Waals surface area contributed by atoms with Crippen LogP contribution in [0.25, 0.3) is 11.4 Å². The fraction of sp³-hybridized carbons (Fsp3) is 0.333. The van der Waals surface area contributed by atoms with E-state index >= 15 is 0 Å². The molecule has 76 valence electrons. The molecule has 1 aliphatic carbocycles. The second-order valence-corrected chi connectivity index (χ2v) is 4.13. The molecule has 1 aromatic heterocycles. The van der Waals surface area contributed by atoms with Gasteiger partial charge in [-0.2, -0.15) is 5.10 Å². The van der Waals surface area contributed by atoms with Crippen molar-refractivity contribution in [2.24, 2.45) is 0 Å². The molecule has 0 N–H and O–H groups in total. The van der Waals surface area contributed by atoms with Gasteiger partial charge in [0, 0.05) is 5.56 Å². The Morgan fingerprint density at radius 3 is 2.60 bits per heavy atom. The SMILES string of the molecule is Cc1ccc(-c2ncnn2C2CC2)cc1. The zero-order valence-electron chi connectivity index (χ0n) is 8.72. The molecule has 0 saturated heterocycles. The maximum Gasteiger partial charge on any atom is 0.158 e. The molecule has 3 heteroatoms. The molecule has 1 aliphatic rings. The van der Waals surface area contributed by atoms with Crippen LogP contribution >= 0.6 is 0 Å². The van der Waals surface area contributed by atoms with Crippen molar-refractivity contribution in [3.05, 3.63) is 36.2 Å². The monoisotopic (exact) mass is 199 g/mol. The Labute approximate surface area is 88.8 Å². The lowest BCUT2D eigenvalue weighted by atomic mass is 10.1. The van der Waals surface area contributed by atoms with E-state index in [-0.39, 0.29) is 0 Å². The first-order valence-electron chi connectivity index (χ1n) is 5.31. The van der Waals surface area contributed by atoms with E-state index in [1.54, 1.807) is 6.33 Å².